The first-order valence-electron chi connectivity index (χ1n) is 9.83. The van der Waals surface area contributed by atoms with E-state index in [1.807, 2.05) is 0 Å². The summed E-state index contributed by atoms with van der Waals surface area (Å²) in [6.45, 7) is 5.74. The Kier molecular flexibility index (Phi) is 19.7. The molecule has 0 aromatic rings. The zero-order chi connectivity index (χ0) is 26.9. The van der Waals surface area contributed by atoms with Gasteiger partial charge in [0.25, 0.3) is 0 Å². The second-order valence-electron chi connectivity index (χ2n) is 7.32. The van der Waals surface area contributed by atoms with E-state index in [1.54, 1.807) is 13.8 Å². The SMILES string of the molecule is CC(C)[C@H](N)C(=O)O.C[C@@H](O)[C@H](N)C(=O)O.NC(=O)C[C@H](N)C(=O)O.O=C(O)[C@@H]1CCCN1. The quantitative estimate of drug-likeness (QED) is 0.164. The van der Waals surface area contributed by atoms with Crippen LogP contribution in [0, 0.1) is 5.92 Å². The number of primary amides is 1. The standard InChI is InChI=1S/C5H9NO2.C5H11NO2.C4H8N2O3.C4H9NO3/c7-5(8)4-2-1-3-6-4;1-3(2)4(6)5(7)8;5-2(4(8)9)1-3(6)7;1-2(6)3(5)4(7)8/h4,6H,1-3H2,(H,7,8);3-4H,6H2,1-2H3,(H,7,8);2H,1,5H2,(H2,6,7)(H,8,9);2-3,6H,5H2,1H3,(H,7,8)/t2*4-;2-;2-,3+/m0001/s1. The van der Waals surface area contributed by atoms with Gasteiger partial charge in [-0.2, -0.15) is 0 Å². The first kappa shape index (κ1) is 34.8. The molecule has 1 amide bonds. The van der Waals surface area contributed by atoms with Gasteiger partial charge in [0.2, 0.25) is 5.91 Å². The van der Waals surface area contributed by atoms with Crippen LogP contribution in [0.1, 0.15) is 40.0 Å². The number of hydrogen-bond acceptors (Lipinski definition) is 10. The Labute approximate surface area is 191 Å². The molecule has 14 N–H and O–H groups in total. The Balaban J connectivity index is -0.000000364. The van der Waals surface area contributed by atoms with Crippen molar-refractivity contribution in [2.24, 2.45) is 28.9 Å². The molecular formula is C18H37N5O10. The third-order valence-electron chi connectivity index (χ3n) is 3.90. The number of aliphatic hydroxyl groups is 1. The summed E-state index contributed by atoms with van der Waals surface area (Å²) in [6.07, 6.45) is 0.495. The predicted molar refractivity (Wildman–Crippen MR) is 116 cm³/mol. The number of carbonyl (C=O) groups excluding carboxylic acids is 1. The zero-order valence-corrected chi connectivity index (χ0v) is 18.9. The van der Waals surface area contributed by atoms with E-state index in [-0.39, 0.29) is 18.4 Å². The molecule has 0 spiro atoms. The highest BCUT2D eigenvalue weighted by Gasteiger charge is 2.20. The highest BCUT2D eigenvalue weighted by molar-refractivity contribution is 5.83. The maximum absolute atomic E-state index is 10.1. The average Bonchev–Trinajstić information content (AvgIpc) is 3.22. The van der Waals surface area contributed by atoms with Gasteiger partial charge in [0, 0.05) is 0 Å². The Hall–Kier alpha value is -2.85. The molecule has 1 fully saturated rings. The van der Waals surface area contributed by atoms with Crippen molar-refractivity contribution in [2.45, 2.75) is 70.3 Å². The largest absolute Gasteiger partial charge is 0.480 e. The molecule has 1 aliphatic heterocycles. The summed E-state index contributed by atoms with van der Waals surface area (Å²) in [4.78, 5) is 49.9. The molecule has 0 saturated carbocycles. The van der Waals surface area contributed by atoms with Gasteiger partial charge in [0.1, 0.15) is 24.2 Å². The van der Waals surface area contributed by atoms with E-state index in [1.165, 1.54) is 6.92 Å². The smallest absolute Gasteiger partial charge is 0.323 e. The Morgan fingerprint density at radius 2 is 1.33 bits per heavy atom. The number of aliphatic hydroxyl groups excluding tert-OH is 1. The molecule has 0 aromatic carbocycles. The lowest BCUT2D eigenvalue weighted by Crippen LogP contribution is -2.39. The van der Waals surface area contributed by atoms with Crippen LogP contribution >= 0.6 is 0 Å². The van der Waals surface area contributed by atoms with E-state index in [4.69, 9.17) is 42.7 Å². The van der Waals surface area contributed by atoms with Gasteiger partial charge in [-0.3, -0.25) is 24.0 Å². The molecule has 1 rings (SSSR count). The third-order valence-corrected chi connectivity index (χ3v) is 3.90. The van der Waals surface area contributed by atoms with E-state index in [0.29, 0.717) is 0 Å². The van der Waals surface area contributed by atoms with Gasteiger partial charge in [0.15, 0.2) is 0 Å². The second-order valence-corrected chi connectivity index (χ2v) is 7.32. The van der Waals surface area contributed by atoms with E-state index in [9.17, 15) is 24.0 Å². The molecule has 15 heteroatoms. The van der Waals surface area contributed by atoms with Crippen LogP contribution in [-0.2, 0) is 24.0 Å². The van der Waals surface area contributed by atoms with Gasteiger partial charge >= 0.3 is 23.9 Å². The first-order valence-corrected chi connectivity index (χ1v) is 9.83. The Morgan fingerprint density at radius 1 is 0.879 bits per heavy atom. The monoisotopic (exact) mass is 483 g/mol. The second kappa shape index (κ2) is 18.7. The van der Waals surface area contributed by atoms with Gasteiger partial charge in [-0.15, -0.1) is 0 Å². The van der Waals surface area contributed by atoms with Crippen molar-refractivity contribution in [2.75, 3.05) is 6.54 Å². The van der Waals surface area contributed by atoms with Crippen LogP contribution in [0.25, 0.3) is 0 Å². The van der Waals surface area contributed by atoms with Crippen molar-refractivity contribution < 1.29 is 49.5 Å². The van der Waals surface area contributed by atoms with Crippen LogP contribution in [0.15, 0.2) is 0 Å². The fourth-order valence-electron chi connectivity index (χ4n) is 1.69. The Bertz CT molecular complexity index is 583. The summed E-state index contributed by atoms with van der Waals surface area (Å²) >= 11 is 0. The third kappa shape index (κ3) is 20.8. The molecule has 1 heterocycles. The molecular weight excluding hydrogens is 446 g/mol. The van der Waals surface area contributed by atoms with Gasteiger partial charge in [0.05, 0.1) is 12.5 Å². The number of aliphatic carboxylic acids is 4. The molecule has 194 valence electrons. The van der Waals surface area contributed by atoms with Crippen LogP contribution < -0.4 is 28.3 Å². The van der Waals surface area contributed by atoms with Crippen molar-refractivity contribution in [1.82, 2.24) is 5.32 Å². The number of amides is 1. The molecule has 15 nitrogen and oxygen atoms in total. The van der Waals surface area contributed by atoms with Crippen molar-refractivity contribution in [3.63, 3.8) is 0 Å². The van der Waals surface area contributed by atoms with Crippen molar-refractivity contribution in [3.8, 4) is 0 Å². The maximum Gasteiger partial charge on any atom is 0.323 e. The number of hydrogen-bond donors (Lipinski definition) is 10. The number of nitrogens with two attached hydrogens (primary N) is 4. The molecule has 0 unspecified atom stereocenters. The molecule has 0 bridgehead atoms. The van der Waals surface area contributed by atoms with Crippen molar-refractivity contribution >= 4 is 29.8 Å². The van der Waals surface area contributed by atoms with E-state index < -0.39 is 54.0 Å². The fourth-order valence-corrected chi connectivity index (χ4v) is 1.69. The molecule has 1 aliphatic rings. The average molecular weight is 484 g/mol. The predicted octanol–water partition coefficient (Wildman–Crippen LogP) is -3.07. The summed E-state index contributed by atoms with van der Waals surface area (Å²) in [6, 6.07) is -3.30. The van der Waals surface area contributed by atoms with E-state index in [2.05, 4.69) is 11.1 Å². The molecule has 1 saturated heterocycles. The highest BCUT2D eigenvalue weighted by atomic mass is 16.4. The van der Waals surface area contributed by atoms with E-state index >= 15 is 0 Å². The summed E-state index contributed by atoms with van der Waals surface area (Å²) < 4.78 is 0. The van der Waals surface area contributed by atoms with Crippen LogP contribution in [0.3, 0.4) is 0 Å². The lowest BCUT2D eigenvalue weighted by molar-refractivity contribution is -0.141. The number of carboxylic acids is 4. The molecule has 5 atom stereocenters. The normalized spacial score (nSPS) is 17.9. The van der Waals surface area contributed by atoms with Crippen LogP contribution in [-0.4, -0.2) is 92.1 Å². The minimum atomic E-state index is -1.21. The number of nitrogens with one attached hydrogen (secondary N) is 1. The number of carbonyl (C=O) groups is 5. The lowest BCUT2D eigenvalue weighted by Gasteiger charge is -2.07. The summed E-state index contributed by atoms with van der Waals surface area (Å²) in [5.41, 5.74) is 19.6. The maximum atomic E-state index is 10.1. The number of rotatable bonds is 8. The van der Waals surface area contributed by atoms with Gasteiger partial charge in [-0.05, 0) is 32.2 Å². The molecule has 0 aliphatic carbocycles. The first-order chi connectivity index (χ1) is 14.9. The fraction of sp³-hybridized carbons (Fsp3) is 0.722. The number of carboxylic acid groups (broad SMARTS) is 4. The summed E-state index contributed by atoms with van der Waals surface area (Å²) in [5.74, 6) is -4.73. The minimum Gasteiger partial charge on any atom is -0.480 e. The molecule has 33 heavy (non-hydrogen) atoms. The van der Waals surface area contributed by atoms with Gasteiger partial charge < -0.3 is 53.8 Å². The van der Waals surface area contributed by atoms with E-state index in [0.717, 1.165) is 19.4 Å². The van der Waals surface area contributed by atoms with Crippen LogP contribution in [0.4, 0.5) is 0 Å². The van der Waals surface area contributed by atoms with Crippen LogP contribution in [0.5, 0.6) is 0 Å². The van der Waals surface area contributed by atoms with Crippen LogP contribution in [0.2, 0.25) is 0 Å². The van der Waals surface area contributed by atoms with Crippen molar-refractivity contribution in [3.05, 3.63) is 0 Å². The lowest BCUT2D eigenvalue weighted by atomic mass is 10.1. The summed E-state index contributed by atoms with van der Waals surface area (Å²) in [5, 5.41) is 44.1. The molecule has 0 radical (unpaired) electrons. The minimum absolute atomic E-state index is 0.0208. The zero-order valence-electron chi connectivity index (χ0n) is 18.9. The highest BCUT2D eigenvalue weighted by Crippen LogP contribution is 2.03. The Morgan fingerprint density at radius 3 is 1.42 bits per heavy atom. The van der Waals surface area contributed by atoms with Gasteiger partial charge in [-0.1, -0.05) is 13.8 Å². The van der Waals surface area contributed by atoms with Crippen molar-refractivity contribution in [1.29, 1.82) is 0 Å². The summed E-state index contributed by atoms with van der Waals surface area (Å²) in [7, 11) is 0. The van der Waals surface area contributed by atoms with Gasteiger partial charge in [-0.25, -0.2) is 0 Å². The topological polar surface area (TPSA) is 303 Å². The molecule has 0 aromatic heterocycles.